The highest BCUT2D eigenvalue weighted by Crippen LogP contribution is 2.18. The molecule has 2 heteroatoms. The Morgan fingerprint density at radius 1 is 2.00 bits per heavy atom. The van der Waals surface area contributed by atoms with Crippen LogP contribution in [0.4, 0.5) is 4.39 Å². The van der Waals surface area contributed by atoms with E-state index in [1.807, 2.05) is 0 Å². The Morgan fingerprint density at radius 3 is 2.25 bits per heavy atom. The van der Waals surface area contributed by atoms with E-state index in [9.17, 15) is 4.39 Å². The highest BCUT2D eigenvalue weighted by molar-refractivity contribution is 4.74. The molecule has 0 spiro atoms. The largest absolute Gasteiger partial charge is 0.333 e. The normalized spacial score (nSPS) is 26.2. The second kappa shape index (κ2) is 0.432. The van der Waals surface area contributed by atoms with Gasteiger partial charge in [-0.25, -0.2) is 4.39 Å². The third-order valence-electron chi connectivity index (χ3n) is 0.253. The summed E-state index contributed by atoms with van der Waals surface area (Å²) in [6, 6.07) is 0. The first-order valence-corrected chi connectivity index (χ1v) is 1.04. The van der Waals surface area contributed by atoms with Crippen LogP contribution in [-0.4, -0.2) is 6.61 Å². The molecule has 1 rings (SSSR count). The van der Waals surface area contributed by atoms with Gasteiger partial charge in [0, 0.05) is 0 Å². The molecule has 0 bridgehead atoms. The summed E-state index contributed by atoms with van der Waals surface area (Å²) < 4.78 is 14.8. The van der Waals surface area contributed by atoms with Crippen LogP contribution in [0.2, 0.25) is 0 Å². The van der Waals surface area contributed by atoms with Gasteiger partial charge in [0.05, 0.1) is 0 Å². The minimum Gasteiger partial charge on any atom is -0.333 e. The molecule has 0 unspecified atom stereocenters. The van der Waals surface area contributed by atoms with E-state index in [4.69, 9.17) is 0 Å². The summed E-state index contributed by atoms with van der Waals surface area (Å²) in [4.78, 5) is 0. The number of rotatable bonds is 0. The summed E-state index contributed by atoms with van der Waals surface area (Å²) in [7, 11) is 0. The van der Waals surface area contributed by atoms with Gasteiger partial charge in [-0.2, -0.15) is 0 Å². The maximum absolute atomic E-state index is 10.8. The first-order chi connectivity index (χ1) is 1.89. The minimum atomic E-state index is -0.333. The Hall–Kier alpha value is -0.110. The van der Waals surface area contributed by atoms with Crippen molar-refractivity contribution in [2.24, 2.45) is 0 Å². The van der Waals surface area contributed by atoms with E-state index in [0.29, 0.717) is 0 Å². The van der Waals surface area contributed by atoms with Crippen LogP contribution in [-0.2, 0) is 4.74 Å². The maximum atomic E-state index is 10.8. The van der Waals surface area contributed by atoms with Crippen molar-refractivity contribution in [3.8, 4) is 0 Å². The topological polar surface area (TPSA) is 12.5 Å². The van der Waals surface area contributed by atoms with E-state index in [2.05, 4.69) is 4.74 Å². The maximum Gasteiger partial charge on any atom is 0.294 e. The molecule has 0 aromatic carbocycles. The van der Waals surface area contributed by atoms with Crippen molar-refractivity contribution in [3.63, 3.8) is 0 Å². The average molecular weight is 61.0 g/mol. The molecule has 0 aliphatic carbocycles. The van der Waals surface area contributed by atoms with Crippen molar-refractivity contribution >= 4 is 0 Å². The summed E-state index contributed by atoms with van der Waals surface area (Å²) >= 11 is 0. The Bertz CT molecular complexity index is 25.2. The van der Waals surface area contributed by atoms with Crippen LogP contribution < -0.4 is 0 Å². The van der Waals surface area contributed by atoms with Gasteiger partial charge >= 0.3 is 0 Å². The van der Waals surface area contributed by atoms with E-state index in [1.54, 1.807) is 0 Å². The third kappa shape index (κ3) is 0.179. The van der Waals surface area contributed by atoms with Crippen molar-refractivity contribution in [2.75, 3.05) is 6.61 Å². The minimum absolute atomic E-state index is 0.236. The van der Waals surface area contributed by atoms with Crippen LogP contribution in [0.5, 0.6) is 0 Å². The molecule has 1 aliphatic rings. The van der Waals surface area contributed by atoms with E-state index >= 15 is 0 Å². The molecule has 0 aromatic rings. The van der Waals surface area contributed by atoms with Gasteiger partial charge in [0.25, 0.3) is 6.36 Å². The van der Waals surface area contributed by atoms with E-state index in [1.165, 1.54) is 0 Å². The number of hydrogen-bond acceptors (Lipinski definition) is 1. The number of epoxide rings is 1. The number of hydrogen-bond donors (Lipinski definition) is 0. The zero-order valence-electron chi connectivity index (χ0n) is 1.99. The zero-order chi connectivity index (χ0) is 2.99. The third-order valence-corrected chi connectivity index (χ3v) is 0.253. The molecule has 1 radical (unpaired) electrons. The van der Waals surface area contributed by atoms with Gasteiger partial charge in [-0.15, -0.1) is 0 Å². The Kier molecular flexibility index (Phi) is 0.232. The zero-order valence-corrected chi connectivity index (χ0v) is 1.99. The fraction of sp³-hybridized carbons (Fsp3) is 0.500. The lowest BCUT2D eigenvalue weighted by molar-refractivity contribution is 0.364. The molecule has 0 aromatic heterocycles. The lowest BCUT2D eigenvalue weighted by Crippen LogP contribution is -1.38. The average Bonchev–Trinajstić information content (AvgIpc) is 1.75. The number of halogens is 1. The smallest absolute Gasteiger partial charge is 0.294 e. The van der Waals surface area contributed by atoms with Crippen molar-refractivity contribution in [2.45, 2.75) is 0 Å². The Balaban J connectivity index is 2.17. The summed E-state index contributed by atoms with van der Waals surface area (Å²) in [6.07, 6.45) is -0.333. The second-order valence-corrected chi connectivity index (χ2v) is 0.644. The molecular weight excluding hydrogens is 59.0 g/mol. The lowest BCUT2D eigenvalue weighted by Gasteiger charge is -1.44. The molecule has 1 nitrogen and oxygen atoms in total. The van der Waals surface area contributed by atoms with Crippen LogP contribution >= 0.6 is 0 Å². The van der Waals surface area contributed by atoms with Crippen molar-refractivity contribution in [1.82, 2.24) is 0 Å². The van der Waals surface area contributed by atoms with Gasteiger partial charge in [0.1, 0.15) is 6.61 Å². The monoisotopic (exact) mass is 61.0 g/mol. The van der Waals surface area contributed by atoms with E-state index in [0.717, 1.165) is 0 Å². The second-order valence-electron chi connectivity index (χ2n) is 0.644. The fourth-order valence-corrected chi connectivity index (χ4v) is 0.0273. The van der Waals surface area contributed by atoms with E-state index in [-0.39, 0.29) is 13.0 Å². The molecular formula is C2H2FO. The highest BCUT2D eigenvalue weighted by atomic mass is 19.2. The standard InChI is InChI=1S/C2H2FO/c3-2-1-4-2/h1H2. The van der Waals surface area contributed by atoms with Crippen LogP contribution in [0, 0.1) is 6.36 Å². The first kappa shape index (κ1) is 2.15. The summed E-state index contributed by atoms with van der Waals surface area (Å²) in [6.45, 7) is 0.236. The molecule has 23 valence electrons. The molecule has 1 heterocycles. The molecule has 0 atom stereocenters. The first-order valence-electron chi connectivity index (χ1n) is 1.04. The lowest BCUT2D eigenvalue weighted by atomic mass is 10.9. The van der Waals surface area contributed by atoms with Crippen LogP contribution in [0.25, 0.3) is 0 Å². The summed E-state index contributed by atoms with van der Waals surface area (Å²) in [5.41, 5.74) is 0. The molecule has 1 fully saturated rings. The van der Waals surface area contributed by atoms with Gasteiger partial charge < -0.3 is 4.74 Å². The Labute approximate surface area is 23.4 Å². The predicted octanol–water partition coefficient (Wildman–Crippen LogP) is 0.476. The number of ether oxygens (including phenoxy) is 1. The SMILES string of the molecule is F[C]1CO1. The molecule has 1 aliphatic heterocycles. The summed E-state index contributed by atoms with van der Waals surface area (Å²) in [5, 5.41) is 0. The molecule has 1 saturated heterocycles. The predicted molar refractivity (Wildman–Crippen MR) is 10.3 cm³/mol. The quantitative estimate of drug-likeness (QED) is 0.371. The van der Waals surface area contributed by atoms with Crippen molar-refractivity contribution in [3.05, 3.63) is 6.36 Å². The summed E-state index contributed by atoms with van der Waals surface area (Å²) in [5.74, 6) is 0. The molecule has 4 heavy (non-hydrogen) atoms. The van der Waals surface area contributed by atoms with Crippen LogP contribution in [0.3, 0.4) is 0 Å². The van der Waals surface area contributed by atoms with Gasteiger partial charge in [0.2, 0.25) is 0 Å². The fourth-order valence-electron chi connectivity index (χ4n) is 0.0273. The Morgan fingerprint density at radius 2 is 2.25 bits per heavy atom. The molecule has 0 N–H and O–H groups in total. The van der Waals surface area contributed by atoms with Crippen LogP contribution in [0.15, 0.2) is 0 Å². The van der Waals surface area contributed by atoms with Gasteiger partial charge in [-0.05, 0) is 0 Å². The van der Waals surface area contributed by atoms with Crippen molar-refractivity contribution in [1.29, 1.82) is 0 Å². The van der Waals surface area contributed by atoms with E-state index < -0.39 is 0 Å². The van der Waals surface area contributed by atoms with Gasteiger partial charge in [-0.1, -0.05) is 0 Å². The van der Waals surface area contributed by atoms with Crippen LogP contribution in [0.1, 0.15) is 0 Å². The highest BCUT2D eigenvalue weighted by Gasteiger charge is 2.22. The molecule has 0 amide bonds. The van der Waals surface area contributed by atoms with Gasteiger partial charge in [0.15, 0.2) is 0 Å². The molecule has 0 saturated carbocycles. The van der Waals surface area contributed by atoms with Gasteiger partial charge in [-0.3, -0.25) is 0 Å². The van der Waals surface area contributed by atoms with Crippen molar-refractivity contribution < 1.29 is 9.13 Å².